The first kappa shape index (κ1) is 18.9. The van der Waals surface area contributed by atoms with Crippen molar-refractivity contribution < 1.29 is 22.7 Å². The molecule has 0 saturated carbocycles. The second-order valence-electron chi connectivity index (χ2n) is 6.18. The van der Waals surface area contributed by atoms with Crippen molar-refractivity contribution in [2.24, 2.45) is 0 Å². The average Bonchev–Trinajstić information content (AvgIpc) is 2.67. The highest BCUT2D eigenvalue weighted by atomic mass is 19.4. The first-order chi connectivity index (χ1) is 12.9. The number of carbonyl (C=O) groups is 1. The van der Waals surface area contributed by atoms with Crippen molar-refractivity contribution in [3.8, 4) is 5.75 Å². The van der Waals surface area contributed by atoms with Gasteiger partial charge in [-0.25, -0.2) is 4.79 Å². The highest BCUT2D eigenvalue weighted by Gasteiger charge is 2.31. The number of rotatable bonds is 3. The van der Waals surface area contributed by atoms with Gasteiger partial charge in [-0.1, -0.05) is 12.1 Å². The summed E-state index contributed by atoms with van der Waals surface area (Å²) in [5.41, 5.74) is 0.468. The number of urea groups is 1. The summed E-state index contributed by atoms with van der Waals surface area (Å²) in [5, 5.41) is 2.81. The van der Waals surface area contributed by atoms with Gasteiger partial charge in [-0.05, 0) is 30.3 Å². The van der Waals surface area contributed by atoms with Crippen LogP contribution in [0.4, 0.5) is 29.3 Å². The number of nitrogens with one attached hydrogen (secondary N) is 1. The quantitative estimate of drug-likeness (QED) is 0.875. The second kappa shape index (κ2) is 7.77. The van der Waals surface area contributed by atoms with Gasteiger partial charge in [0.05, 0.1) is 12.7 Å². The SMILES string of the molecule is COc1cccc(NC(=O)N2CCN(c3cccc(C(F)(F)F)c3)CC2)c1. The largest absolute Gasteiger partial charge is 0.497 e. The summed E-state index contributed by atoms with van der Waals surface area (Å²) in [6, 6.07) is 12.1. The van der Waals surface area contributed by atoms with E-state index in [1.807, 2.05) is 4.90 Å². The predicted molar refractivity (Wildman–Crippen MR) is 97.2 cm³/mol. The predicted octanol–water partition coefficient (Wildman–Crippen LogP) is 4.07. The summed E-state index contributed by atoms with van der Waals surface area (Å²) < 4.78 is 43.8. The minimum atomic E-state index is -4.37. The van der Waals surface area contributed by atoms with Gasteiger partial charge in [-0.15, -0.1) is 0 Å². The molecule has 1 aliphatic rings. The average molecular weight is 379 g/mol. The number of anilines is 2. The van der Waals surface area contributed by atoms with Gasteiger partial charge >= 0.3 is 12.2 Å². The van der Waals surface area contributed by atoms with E-state index < -0.39 is 11.7 Å². The number of piperazine rings is 1. The van der Waals surface area contributed by atoms with Gasteiger partial charge in [-0.3, -0.25) is 0 Å². The molecule has 2 amide bonds. The van der Waals surface area contributed by atoms with Gasteiger partial charge in [0.15, 0.2) is 0 Å². The van der Waals surface area contributed by atoms with Crippen LogP contribution in [0.3, 0.4) is 0 Å². The van der Waals surface area contributed by atoms with Gasteiger partial charge in [0.25, 0.3) is 0 Å². The topological polar surface area (TPSA) is 44.8 Å². The first-order valence-electron chi connectivity index (χ1n) is 8.49. The molecule has 0 radical (unpaired) electrons. The number of halogens is 3. The van der Waals surface area contributed by atoms with Gasteiger partial charge in [0.2, 0.25) is 0 Å². The number of methoxy groups -OCH3 is 1. The lowest BCUT2D eigenvalue weighted by molar-refractivity contribution is -0.137. The Kier molecular flexibility index (Phi) is 5.43. The Labute approximate surface area is 155 Å². The molecule has 2 aromatic carbocycles. The molecule has 144 valence electrons. The van der Waals surface area contributed by atoms with Crippen LogP contribution >= 0.6 is 0 Å². The standard InChI is InChI=1S/C19H20F3N3O2/c1-27-17-7-3-5-15(13-17)23-18(26)25-10-8-24(9-11-25)16-6-2-4-14(12-16)19(20,21)22/h2-7,12-13H,8-11H2,1H3,(H,23,26). The Morgan fingerprint density at radius 2 is 1.74 bits per heavy atom. The van der Waals surface area contributed by atoms with E-state index in [2.05, 4.69) is 5.32 Å². The number of hydrogen-bond acceptors (Lipinski definition) is 3. The summed E-state index contributed by atoms with van der Waals surface area (Å²) >= 11 is 0. The molecule has 0 aromatic heterocycles. The third-order valence-electron chi connectivity index (χ3n) is 4.43. The normalized spacial score (nSPS) is 14.8. The van der Waals surface area contributed by atoms with Crippen LogP contribution in [0.2, 0.25) is 0 Å². The van der Waals surface area contributed by atoms with Crippen LogP contribution in [0.15, 0.2) is 48.5 Å². The van der Waals surface area contributed by atoms with Crippen LogP contribution in [0.25, 0.3) is 0 Å². The fraction of sp³-hybridized carbons (Fsp3) is 0.316. The summed E-state index contributed by atoms with van der Waals surface area (Å²) in [6.07, 6.45) is -4.37. The molecular formula is C19H20F3N3O2. The maximum absolute atomic E-state index is 12.9. The molecule has 1 aliphatic heterocycles. The smallest absolute Gasteiger partial charge is 0.416 e. The fourth-order valence-electron chi connectivity index (χ4n) is 2.95. The summed E-state index contributed by atoms with van der Waals surface area (Å²) in [4.78, 5) is 15.9. The van der Waals surface area contributed by atoms with E-state index in [0.29, 0.717) is 43.3 Å². The van der Waals surface area contributed by atoms with E-state index in [-0.39, 0.29) is 6.03 Å². The lowest BCUT2D eigenvalue weighted by Crippen LogP contribution is -2.50. The van der Waals surface area contributed by atoms with E-state index >= 15 is 0 Å². The highest BCUT2D eigenvalue weighted by Crippen LogP contribution is 2.31. The molecule has 27 heavy (non-hydrogen) atoms. The van der Waals surface area contributed by atoms with Crippen LogP contribution < -0.4 is 15.0 Å². The molecule has 2 aromatic rings. The van der Waals surface area contributed by atoms with Crippen molar-refractivity contribution in [2.45, 2.75) is 6.18 Å². The Balaban J connectivity index is 1.59. The Bertz CT molecular complexity index is 803. The summed E-state index contributed by atoms with van der Waals surface area (Å²) in [6.45, 7) is 1.78. The van der Waals surface area contributed by atoms with Crippen LogP contribution in [-0.4, -0.2) is 44.2 Å². The van der Waals surface area contributed by atoms with Crippen LogP contribution in [-0.2, 0) is 6.18 Å². The molecule has 8 heteroatoms. The second-order valence-corrected chi connectivity index (χ2v) is 6.18. The van der Waals surface area contributed by atoms with Crippen molar-refractivity contribution in [3.05, 3.63) is 54.1 Å². The van der Waals surface area contributed by atoms with E-state index in [1.165, 1.54) is 6.07 Å². The Hall–Kier alpha value is -2.90. The number of hydrogen-bond donors (Lipinski definition) is 1. The van der Waals surface area contributed by atoms with Crippen LogP contribution in [0, 0.1) is 0 Å². The van der Waals surface area contributed by atoms with Crippen molar-refractivity contribution in [3.63, 3.8) is 0 Å². The van der Waals surface area contributed by atoms with Gasteiger partial charge in [0, 0.05) is 43.6 Å². The number of ether oxygens (including phenoxy) is 1. The zero-order chi connectivity index (χ0) is 19.4. The van der Waals surface area contributed by atoms with E-state index in [4.69, 9.17) is 4.74 Å². The minimum Gasteiger partial charge on any atom is -0.497 e. The van der Waals surface area contributed by atoms with Crippen molar-refractivity contribution >= 4 is 17.4 Å². The molecule has 0 aliphatic carbocycles. The highest BCUT2D eigenvalue weighted by molar-refractivity contribution is 5.89. The number of nitrogens with zero attached hydrogens (tertiary/aromatic N) is 2. The minimum absolute atomic E-state index is 0.244. The van der Waals surface area contributed by atoms with Crippen LogP contribution in [0.1, 0.15) is 5.56 Å². The Morgan fingerprint density at radius 3 is 2.41 bits per heavy atom. The van der Waals surface area contributed by atoms with Gasteiger partial charge in [-0.2, -0.15) is 13.2 Å². The molecule has 0 bridgehead atoms. The van der Waals surface area contributed by atoms with Crippen molar-refractivity contribution in [1.82, 2.24) is 4.90 Å². The molecular weight excluding hydrogens is 359 g/mol. The third-order valence-corrected chi connectivity index (χ3v) is 4.43. The molecule has 3 rings (SSSR count). The lowest BCUT2D eigenvalue weighted by atomic mass is 10.1. The number of amides is 2. The number of benzene rings is 2. The van der Waals surface area contributed by atoms with E-state index in [9.17, 15) is 18.0 Å². The molecule has 0 unspecified atom stereocenters. The zero-order valence-electron chi connectivity index (χ0n) is 14.8. The summed E-state index contributed by atoms with van der Waals surface area (Å²) in [7, 11) is 1.55. The van der Waals surface area contributed by atoms with E-state index in [1.54, 1.807) is 42.3 Å². The molecule has 5 nitrogen and oxygen atoms in total. The van der Waals surface area contributed by atoms with Gasteiger partial charge < -0.3 is 19.9 Å². The number of alkyl halides is 3. The molecule has 1 N–H and O–H groups in total. The van der Waals surface area contributed by atoms with Crippen molar-refractivity contribution in [2.75, 3.05) is 43.5 Å². The molecule has 0 spiro atoms. The molecule has 1 saturated heterocycles. The van der Waals surface area contributed by atoms with Crippen LogP contribution in [0.5, 0.6) is 5.75 Å². The third kappa shape index (κ3) is 4.64. The first-order valence-corrected chi connectivity index (χ1v) is 8.49. The van der Waals surface area contributed by atoms with E-state index in [0.717, 1.165) is 12.1 Å². The fourth-order valence-corrected chi connectivity index (χ4v) is 2.95. The maximum atomic E-state index is 12.9. The lowest BCUT2D eigenvalue weighted by Gasteiger charge is -2.36. The maximum Gasteiger partial charge on any atom is 0.416 e. The van der Waals surface area contributed by atoms with Crippen molar-refractivity contribution in [1.29, 1.82) is 0 Å². The molecule has 1 heterocycles. The van der Waals surface area contributed by atoms with Gasteiger partial charge in [0.1, 0.15) is 5.75 Å². The Morgan fingerprint density at radius 1 is 1.04 bits per heavy atom. The molecule has 1 fully saturated rings. The zero-order valence-corrected chi connectivity index (χ0v) is 14.8. The molecule has 0 atom stereocenters. The summed E-state index contributed by atoms with van der Waals surface area (Å²) in [5.74, 6) is 0.641. The number of carbonyl (C=O) groups excluding carboxylic acids is 1. The monoisotopic (exact) mass is 379 g/mol.